The predicted octanol–water partition coefficient (Wildman–Crippen LogP) is 4.20. The van der Waals surface area contributed by atoms with Crippen molar-refractivity contribution in [3.63, 3.8) is 0 Å². The second-order valence-electron chi connectivity index (χ2n) is 5.23. The Morgan fingerprint density at radius 3 is 2.52 bits per heavy atom. The molecule has 1 N–H and O–H groups in total. The monoisotopic (exact) mass is 427 g/mol. The number of nitrogens with one attached hydrogen (secondary N) is 1. The minimum Gasteiger partial charge on any atom is -0.497 e. The van der Waals surface area contributed by atoms with E-state index in [0.717, 1.165) is 5.56 Å². The van der Waals surface area contributed by atoms with Crippen molar-refractivity contribution in [1.82, 2.24) is 5.32 Å². The van der Waals surface area contributed by atoms with Gasteiger partial charge in [0.15, 0.2) is 6.10 Å². The number of rotatable bonds is 7. The average molecular weight is 429 g/mol. The molecule has 0 radical (unpaired) electrons. The first kappa shape index (κ1) is 19.4. The zero-order chi connectivity index (χ0) is 18.4. The molecule has 0 unspecified atom stereocenters. The number of hydrogen-bond acceptors (Lipinski definition) is 4. The standard InChI is InChI=1S/C18H19BrClNO4/c1-11(25-17-6-4-13(20)9-15(17)19)18(22)21-10-12-8-14(23-2)5-7-16(12)24-3/h4-9,11H,10H2,1-3H3,(H,21,22)/t11-/m0/s1. The van der Waals surface area contributed by atoms with Crippen molar-refractivity contribution in [3.05, 3.63) is 51.5 Å². The molecule has 0 aliphatic heterocycles. The van der Waals surface area contributed by atoms with Crippen molar-refractivity contribution in [2.75, 3.05) is 14.2 Å². The maximum Gasteiger partial charge on any atom is 0.261 e. The summed E-state index contributed by atoms with van der Waals surface area (Å²) in [5.74, 6) is 1.67. The molecular formula is C18H19BrClNO4. The van der Waals surface area contributed by atoms with Crippen LogP contribution in [0.25, 0.3) is 0 Å². The summed E-state index contributed by atoms with van der Waals surface area (Å²) in [4.78, 5) is 12.3. The SMILES string of the molecule is COc1ccc(OC)c(CNC(=O)[C@H](C)Oc2ccc(Cl)cc2Br)c1. The van der Waals surface area contributed by atoms with Gasteiger partial charge in [0.05, 0.1) is 18.7 Å². The summed E-state index contributed by atoms with van der Waals surface area (Å²) < 4.78 is 16.9. The van der Waals surface area contributed by atoms with E-state index in [4.69, 9.17) is 25.8 Å². The third kappa shape index (κ3) is 5.28. The Balaban J connectivity index is 1.99. The average Bonchev–Trinajstić information content (AvgIpc) is 2.61. The Labute approximate surface area is 160 Å². The van der Waals surface area contributed by atoms with E-state index in [1.54, 1.807) is 51.5 Å². The molecule has 5 nitrogen and oxygen atoms in total. The maximum atomic E-state index is 12.3. The van der Waals surface area contributed by atoms with Crippen LogP contribution in [0.1, 0.15) is 12.5 Å². The van der Waals surface area contributed by atoms with Gasteiger partial charge in [0.1, 0.15) is 17.2 Å². The molecule has 0 spiro atoms. The molecule has 7 heteroatoms. The van der Waals surface area contributed by atoms with Gasteiger partial charge >= 0.3 is 0 Å². The van der Waals surface area contributed by atoms with E-state index in [9.17, 15) is 4.79 Å². The molecule has 0 aromatic heterocycles. The molecule has 0 bridgehead atoms. The van der Waals surface area contributed by atoms with Gasteiger partial charge < -0.3 is 19.5 Å². The van der Waals surface area contributed by atoms with Gasteiger partial charge in [-0.2, -0.15) is 0 Å². The molecule has 1 amide bonds. The molecule has 0 saturated carbocycles. The van der Waals surface area contributed by atoms with Gasteiger partial charge in [-0.3, -0.25) is 4.79 Å². The summed E-state index contributed by atoms with van der Waals surface area (Å²) in [6.45, 7) is 1.98. The molecule has 0 aliphatic rings. The zero-order valence-electron chi connectivity index (χ0n) is 14.1. The van der Waals surface area contributed by atoms with Gasteiger partial charge in [0.25, 0.3) is 5.91 Å². The predicted molar refractivity (Wildman–Crippen MR) is 101 cm³/mol. The molecular weight excluding hydrogens is 410 g/mol. The quantitative estimate of drug-likeness (QED) is 0.718. The normalized spacial score (nSPS) is 11.6. The van der Waals surface area contributed by atoms with Crippen LogP contribution in [0, 0.1) is 0 Å². The highest BCUT2D eigenvalue weighted by Crippen LogP contribution is 2.29. The fraction of sp³-hybridized carbons (Fsp3) is 0.278. The summed E-state index contributed by atoms with van der Waals surface area (Å²) in [6, 6.07) is 10.5. The van der Waals surface area contributed by atoms with Crippen molar-refractivity contribution < 1.29 is 19.0 Å². The molecule has 1 atom stereocenters. The fourth-order valence-corrected chi connectivity index (χ4v) is 2.94. The Morgan fingerprint density at radius 2 is 1.88 bits per heavy atom. The molecule has 2 aromatic rings. The van der Waals surface area contributed by atoms with E-state index in [-0.39, 0.29) is 5.91 Å². The number of carbonyl (C=O) groups excluding carboxylic acids is 1. The van der Waals surface area contributed by atoms with E-state index in [1.165, 1.54) is 0 Å². The number of hydrogen-bond donors (Lipinski definition) is 1. The van der Waals surface area contributed by atoms with Crippen LogP contribution in [-0.4, -0.2) is 26.2 Å². The number of carbonyl (C=O) groups is 1. The van der Waals surface area contributed by atoms with Crippen molar-refractivity contribution in [1.29, 1.82) is 0 Å². The van der Waals surface area contributed by atoms with Gasteiger partial charge in [-0.1, -0.05) is 11.6 Å². The lowest BCUT2D eigenvalue weighted by Gasteiger charge is -2.17. The minimum absolute atomic E-state index is 0.244. The van der Waals surface area contributed by atoms with Gasteiger partial charge in [-0.15, -0.1) is 0 Å². The van der Waals surface area contributed by atoms with Crippen molar-refractivity contribution in [2.45, 2.75) is 19.6 Å². The molecule has 2 rings (SSSR count). The van der Waals surface area contributed by atoms with Crippen LogP contribution in [0.3, 0.4) is 0 Å². The highest BCUT2D eigenvalue weighted by molar-refractivity contribution is 9.10. The molecule has 0 heterocycles. The Bertz CT molecular complexity index is 754. The van der Waals surface area contributed by atoms with Gasteiger partial charge in [0, 0.05) is 17.1 Å². The lowest BCUT2D eigenvalue weighted by Crippen LogP contribution is -2.36. The van der Waals surface area contributed by atoms with Crippen LogP contribution in [0.4, 0.5) is 0 Å². The summed E-state index contributed by atoms with van der Waals surface area (Å²) >= 11 is 9.26. The van der Waals surface area contributed by atoms with E-state index in [0.29, 0.717) is 33.3 Å². The minimum atomic E-state index is -0.672. The number of benzene rings is 2. The van der Waals surface area contributed by atoms with E-state index in [2.05, 4.69) is 21.2 Å². The van der Waals surface area contributed by atoms with Crippen LogP contribution >= 0.6 is 27.5 Å². The summed E-state index contributed by atoms with van der Waals surface area (Å²) in [5.41, 5.74) is 0.815. The first-order valence-corrected chi connectivity index (χ1v) is 8.72. The Morgan fingerprint density at radius 1 is 1.16 bits per heavy atom. The largest absolute Gasteiger partial charge is 0.497 e. The van der Waals surface area contributed by atoms with Crippen LogP contribution in [0.5, 0.6) is 17.2 Å². The fourth-order valence-electron chi connectivity index (χ4n) is 2.16. The Hall–Kier alpha value is -1.92. The first-order valence-electron chi connectivity index (χ1n) is 7.55. The van der Waals surface area contributed by atoms with E-state index < -0.39 is 6.10 Å². The van der Waals surface area contributed by atoms with Gasteiger partial charge in [-0.25, -0.2) is 0 Å². The lowest BCUT2D eigenvalue weighted by atomic mass is 10.2. The second kappa shape index (κ2) is 8.97. The molecule has 134 valence electrons. The number of ether oxygens (including phenoxy) is 3. The smallest absolute Gasteiger partial charge is 0.261 e. The molecule has 2 aromatic carbocycles. The van der Waals surface area contributed by atoms with Crippen LogP contribution in [0.15, 0.2) is 40.9 Å². The van der Waals surface area contributed by atoms with Crippen molar-refractivity contribution in [2.24, 2.45) is 0 Å². The highest BCUT2D eigenvalue weighted by Gasteiger charge is 2.17. The summed E-state index contributed by atoms with van der Waals surface area (Å²) in [6.07, 6.45) is -0.672. The zero-order valence-corrected chi connectivity index (χ0v) is 16.5. The van der Waals surface area contributed by atoms with E-state index >= 15 is 0 Å². The van der Waals surface area contributed by atoms with Gasteiger partial charge in [0.2, 0.25) is 0 Å². The molecule has 0 saturated heterocycles. The van der Waals surface area contributed by atoms with Crippen LogP contribution in [0.2, 0.25) is 5.02 Å². The van der Waals surface area contributed by atoms with Gasteiger partial charge in [-0.05, 0) is 59.3 Å². The summed E-state index contributed by atoms with van der Waals surface area (Å²) in [7, 11) is 3.17. The third-order valence-electron chi connectivity index (χ3n) is 3.51. The van der Waals surface area contributed by atoms with Crippen molar-refractivity contribution >= 4 is 33.4 Å². The van der Waals surface area contributed by atoms with E-state index in [1.807, 2.05) is 6.07 Å². The summed E-state index contributed by atoms with van der Waals surface area (Å²) in [5, 5.41) is 3.42. The number of methoxy groups -OCH3 is 2. The number of amides is 1. The third-order valence-corrected chi connectivity index (χ3v) is 4.36. The Kier molecular flexibility index (Phi) is 6.96. The topological polar surface area (TPSA) is 56.8 Å². The highest BCUT2D eigenvalue weighted by atomic mass is 79.9. The van der Waals surface area contributed by atoms with Crippen molar-refractivity contribution in [3.8, 4) is 17.2 Å². The molecule has 25 heavy (non-hydrogen) atoms. The second-order valence-corrected chi connectivity index (χ2v) is 6.52. The molecule has 0 fully saturated rings. The first-order chi connectivity index (χ1) is 11.9. The van der Waals surface area contributed by atoms with Crippen LogP contribution < -0.4 is 19.5 Å². The number of halogens is 2. The molecule has 0 aliphatic carbocycles. The van der Waals surface area contributed by atoms with Crippen LogP contribution in [-0.2, 0) is 11.3 Å². The maximum absolute atomic E-state index is 12.3. The lowest BCUT2D eigenvalue weighted by molar-refractivity contribution is -0.127.